The predicted octanol–water partition coefficient (Wildman–Crippen LogP) is 3.01. The molecule has 112 valence electrons. The summed E-state index contributed by atoms with van der Waals surface area (Å²) in [6.45, 7) is 9.03. The van der Waals surface area contributed by atoms with Gasteiger partial charge < -0.3 is 9.47 Å². The first-order valence-electron chi connectivity index (χ1n) is 6.26. The Morgan fingerprint density at radius 1 is 0.947 bits per heavy atom. The minimum atomic E-state index is -0.841. The van der Waals surface area contributed by atoms with E-state index in [1.807, 2.05) is 27.7 Å². The lowest BCUT2D eigenvalue weighted by Gasteiger charge is -2.22. The van der Waals surface area contributed by atoms with Gasteiger partial charge in [-0.05, 0) is 0 Å². The van der Waals surface area contributed by atoms with Crippen molar-refractivity contribution in [3.63, 3.8) is 0 Å². The summed E-state index contributed by atoms with van der Waals surface area (Å²) in [6.07, 6.45) is -0.117. The van der Waals surface area contributed by atoms with E-state index in [9.17, 15) is 9.59 Å². The highest BCUT2D eigenvalue weighted by Crippen LogP contribution is 2.20. The van der Waals surface area contributed by atoms with Gasteiger partial charge in [0, 0.05) is 15.9 Å². The second kappa shape index (κ2) is 7.43. The second-order valence-corrected chi connectivity index (χ2v) is 8.22. The molecule has 0 aliphatic rings. The smallest absolute Gasteiger partial charge is 0.310 e. The van der Waals surface area contributed by atoms with E-state index in [0.29, 0.717) is 6.42 Å². The molecule has 19 heavy (non-hydrogen) atoms. The van der Waals surface area contributed by atoms with Gasteiger partial charge in [0.05, 0.1) is 12.8 Å². The number of ether oxygens (including phenoxy) is 2. The summed E-state index contributed by atoms with van der Waals surface area (Å²) in [6, 6.07) is 0. The third-order valence-electron chi connectivity index (χ3n) is 2.01. The number of rotatable bonds is 7. The van der Waals surface area contributed by atoms with Gasteiger partial charge in [-0.1, -0.05) is 34.6 Å². The van der Waals surface area contributed by atoms with Gasteiger partial charge in [0.25, 0.3) is 0 Å². The molecule has 0 aliphatic heterocycles. The van der Waals surface area contributed by atoms with Crippen molar-refractivity contribution in [3.8, 4) is 0 Å². The third kappa shape index (κ3) is 11.2. The van der Waals surface area contributed by atoms with Crippen molar-refractivity contribution in [1.82, 2.24) is 0 Å². The molecule has 6 heteroatoms. The average Bonchev–Trinajstić information content (AvgIpc) is 2.10. The van der Waals surface area contributed by atoms with Crippen LogP contribution < -0.4 is 0 Å². The Morgan fingerprint density at radius 3 is 1.47 bits per heavy atom. The number of hydrogen-bond acceptors (Lipinski definition) is 6. The molecule has 0 atom stereocenters. The van der Waals surface area contributed by atoms with E-state index in [1.165, 1.54) is 0 Å². The van der Waals surface area contributed by atoms with Crippen molar-refractivity contribution in [1.29, 1.82) is 0 Å². The molecule has 0 N–H and O–H groups in total. The zero-order valence-electron chi connectivity index (χ0n) is 12.2. The van der Waals surface area contributed by atoms with Gasteiger partial charge in [-0.2, -0.15) is 25.3 Å². The van der Waals surface area contributed by atoms with Crippen LogP contribution in [0.1, 0.15) is 53.9 Å². The van der Waals surface area contributed by atoms with E-state index in [4.69, 9.17) is 9.47 Å². The zero-order valence-corrected chi connectivity index (χ0v) is 14.0. The van der Waals surface area contributed by atoms with E-state index < -0.39 is 27.7 Å². The number of carbonyl (C=O) groups is 2. The molecule has 0 aromatic carbocycles. The Morgan fingerprint density at radius 2 is 1.26 bits per heavy atom. The summed E-state index contributed by atoms with van der Waals surface area (Å²) in [5, 5.41) is 0. The zero-order chi connectivity index (χ0) is 15.3. The van der Waals surface area contributed by atoms with Crippen LogP contribution in [0.2, 0.25) is 0 Å². The largest absolute Gasteiger partial charge is 0.425 e. The average molecular weight is 308 g/mol. The van der Waals surface area contributed by atoms with Crippen LogP contribution >= 0.6 is 25.3 Å². The molecule has 0 spiro atoms. The lowest BCUT2D eigenvalue weighted by atomic mass is 10.1. The van der Waals surface area contributed by atoms with E-state index in [2.05, 4.69) is 25.3 Å². The fourth-order valence-corrected chi connectivity index (χ4v) is 1.53. The molecule has 0 aromatic rings. The van der Waals surface area contributed by atoms with Crippen LogP contribution in [0, 0.1) is 0 Å². The highest BCUT2D eigenvalue weighted by atomic mass is 32.1. The van der Waals surface area contributed by atoms with Gasteiger partial charge in [-0.25, -0.2) is 0 Å². The fraction of sp³-hybridized carbons (Fsp3) is 0.846. The molecule has 0 saturated heterocycles. The van der Waals surface area contributed by atoms with Gasteiger partial charge >= 0.3 is 11.9 Å². The number of thiol groups is 2. The summed E-state index contributed by atoms with van der Waals surface area (Å²) < 4.78 is 9.31. The molecular weight excluding hydrogens is 284 g/mol. The molecular formula is C13H24O4S2. The van der Waals surface area contributed by atoms with E-state index in [-0.39, 0.29) is 12.8 Å². The Balaban J connectivity index is 4.29. The molecule has 0 rings (SSSR count). The fourth-order valence-electron chi connectivity index (χ4n) is 1.27. The van der Waals surface area contributed by atoms with Gasteiger partial charge in [0.15, 0.2) is 0 Å². The Labute approximate surface area is 126 Å². The van der Waals surface area contributed by atoms with Crippen LogP contribution in [0.5, 0.6) is 0 Å². The summed E-state index contributed by atoms with van der Waals surface area (Å²) in [5.41, 5.74) is 0. The molecule has 0 unspecified atom stereocenters. The van der Waals surface area contributed by atoms with E-state index in [1.54, 1.807) is 6.92 Å². The van der Waals surface area contributed by atoms with Crippen molar-refractivity contribution in [2.24, 2.45) is 0 Å². The Hall–Kier alpha value is -0.360. The van der Waals surface area contributed by atoms with Crippen LogP contribution in [-0.4, -0.2) is 27.7 Å². The molecule has 0 fully saturated rings. The Kier molecular flexibility index (Phi) is 7.29. The van der Waals surface area contributed by atoms with Crippen LogP contribution in [0.15, 0.2) is 0 Å². The van der Waals surface area contributed by atoms with Crippen molar-refractivity contribution in [3.05, 3.63) is 0 Å². The first-order valence-corrected chi connectivity index (χ1v) is 7.16. The molecule has 0 radical (unpaired) electrons. The molecule has 0 amide bonds. The summed E-state index contributed by atoms with van der Waals surface area (Å²) in [5.74, 6) is -0.852. The maximum absolute atomic E-state index is 11.6. The van der Waals surface area contributed by atoms with E-state index in [0.717, 1.165) is 0 Å². The number of hydrogen-bond donors (Lipinski definition) is 2. The molecule has 0 heterocycles. The highest BCUT2D eigenvalue weighted by molar-refractivity contribution is 7.82. The van der Waals surface area contributed by atoms with Crippen molar-refractivity contribution in [2.75, 3.05) is 0 Å². The van der Waals surface area contributed by atoms with Gasteiger partial charge in [-0.15, -0.1) is 0 Å². The topological polar surface area (TPSA) is 52.6 Å². The first kappa shape index (κ1) is 18.6. The predicted molar refractivity (Wildman–Crippen MR) is 81.6 cm³/mol. The monoisotopic (exact) mass is 308 g/mol. The van der Waals surface area contributed by atoms with Crippen molar-refractivity contribution >= 4 is 37.2 Å². The lowest BCUT2D eigenvalue weighted by molar-refractivity contribution is -0.188. The third-order valence-corrected chi connectivity index (χ3v) is 2.33. The van der Waals surface area contributed by atoms with Crippen LogP contribution in [-0.2, 0) is 19.1 Å². The highest BCUT2D eigenvalue weighted by Gasteiger charge is 2.24. The second-order valence-electron chi connectivity index (χ2n) is 5.80. The Bertz CT molecular complexity index is 286. The molecule has 0 bridgehead atoms. The van der Waals surface area contributed by atoms with E-state index >= 15 is 0 Å². The van der Waals surface area contributed by atoms with Crippen molar-refractivity contribution in [2.45, 2.75) is 69.7 Å². The van der Waals surface area contributed by atoms with Gasteiger partial charge in [0.2, 0.25) is 6.29 Å². The van der Waals surface area contributed by atoms with Crippen LogP contribution in [0.25, 0.3) is 0 Å². The van der Waals surface area contributed by atoms with Crippen LogP contribution in [0.4, 0.5) is 0 Å². The van der Waals surface area contributed by atoms with Gasteiger partial charge in [-0.3, -0.25) is 9.59 Å². The number of carbonyl (C=O) groups excluding carboxylic acids is 2. The van der Waals surface area contributed by atoms with Gasteiger partial charge in [0.1, 0.15) is 0 Å². The first-order chi connectivity index (χ1) is 8.43. The maximum atomic E-state index is 11.6. The minimum absolute atomic E-state index is 0.155. The maximum Gasteiger partial charge on any atom is 0.310 e. The summed E-state index contributed by atoms with van der Waals surface area (Å²) in [7, 11) is 0. The minimum Gasteiger partial charge on any atom is -0.425 e. The molecule has 4 nitrogen and oxygen atoms in total. The summed E-state index contributed by atoms with van der Waals surface area (Å²) >= 11 is 8.51. The standard InChI is InChI=1S/C13H24O4S2/c1-6-11(16-9(14)7-12(2,3)18)17-10(15)8-13(4,5)19/h11,18-19H,6-8H2,1-5H3. The molecule has 0 aliphatic carbocycles. The SMILES string of the molecule is CCC(OC(=O)CC(C)(C)S)OC(=O)CC(C)(C)S. The summed E-state index contributed by atoms with van der Waals surface area (Å²) in [4.78, 5) is 23.2. The quantitative estimate of drug-likeness (QED) is 0.431. The number of esters is 2. The normalized spacial score (nSPS) is 12.4. The van der Waals surface area contributed by atoms with Crippen molar-refractivity contribution < 1.29 is 19.1 Å². The van der Waals surface area contributed by atoms with Crippen LogP contribution in [0.3, 0.4) is 0 Å². The molecule has 0 aromatic heterocycles. The molecule has 0 saturated carbocycles. The lowest BCUT2D eigenvalue weighted by Crippen LogP contribution is -2.29.